The Kier molecular flexibility index (Phi) is 5.06. The maximum absolute atomic E-state index is 13.6. The third-order valence-electron chi connectivity index (χ3n) is 6.53. The summed E-state index contributed by atoms with van der Waals surface area (Å²) in [6.45, 7) is 1.26. The fourth-order valence-corrected chi connectivity index (χ4v) is 4.69. The van der Waals surface area contributed by atoms with Gasteiger partial charge in [0.25, 0.3) is 5.91 Å². The van der Waals surface area contributed by atoms with Crippen LogP contribution in [0.3, 0.4) is 0 Å². The van der Waals surface area contributed by atoms with E-state index in [1.165, 1.54) is 12.1 Å². The highest BCUT2D eigenvalue weighted by atomic mass is 19.1. The highest BCUT2D eigenvalue weighted by Gasteiger charge is 2.28. The van der Waals surface area contributed by atoms with Gasteiger partial charge in [0, 0.05) is 30.0 Å². The van der Waals surface area contributed by atoms with Crippen molar-refractivity contribution in [3.8, 4) is 11.3 Å². The summed E-state index contributed by atoms with van der Waals surface area (Å²) in [6.07, 6.45) is 1.60. The van der Waals surface area contributed by atoms with Crippen molar-refractivity contribution in [1.29, 1.82) is 0 Å². The van der Waals surface area contributed by atoms with Crippen LogP contribution in [0.2, 0.25) is 0 Å². The predicted molar refractivity (Wildman–Crippen MR) is 129 cm³/mol. The van der Waals surface area contributed by atoms with Gasteiger partial charge in [-0.05, 0) is 61.4 Å². The Balaban J connectivity index is 1.28. The standard InChI is InChI=1S/C28H22FN3O2/c29-20-11-9-18(10-12-20)25-17-22(21-5-1-2-6-23(21)30-25)28(33)32-15-13-19(14-16-32)27-31-24-7-3-4-8-26(24)34-27/h1-12,17,19H,13-16H2. The average Bonchev–Trinajstić information content (AvgIpc) is 3.33. The van der Waals surface area contributed by atoms with Gasteiger partial charge in [0.1, 0.15) is 11.3 Å². The molecule has 6 rings (SSSR count). The molecule has 3 heterocycles. The van der Waals surface area contributed by atoms with Crippen molar-refractivity contribution in [3.05, 3.63) is 96.1 Å². The van der Waals surface area contributed by atoms with Crippen molar-refractivity contribution in [3.63, 3.8) is 0 Å². The lowest BCUT2D eigenvalue weighted by molar-refractivity contribution is 0.0708. The molecule has 0 N–H and O–H groups in total. The minimum Gasteiger partial charge on any atom is -0.440 e. The summed E-state index contributed by atoms with van der Waals surface area (Å²) in [7, 11) is 0. The van der Waals surface area contributed by atoms with Crippen molar-refractivity contribution in [1.82, 2.24) is 14.9 Å². The van der Waals surface area contributed by atoms with E-state index in [0.29, 0.717) is 24.3 Å². The van der Waals surface area contributed by atoms with Crippen LogP contribution in [0, 0.1) is 5.82 Å². The largest absolute Gasteiger partial charge is 0.440 e. The maximum atomic E-state index is 13.6. The van der Waals surface area contributed by atoms with E-state index in [9.17, 15) is 9.18 Å². The molecule has 34 heavy (non-hydrogen) atoms. The molecule has 0 unspecified atom stereocenters. The van der Waals surface area contributed by atoms with E-state index in [4.69, 9.17) is 9.40 Å². The van der Waals surface area contributed by atoms with Gasteiger partial charge in [-0.3, -0.25) is 4.79 Å². The van der Waals surface area contributed by atoms with Crippen LogP contribution in [0.25, 0.3) is 33.3 Å². The second-order valence-electron chi connectivity index (χ2n) is 8.67. The minimum atomic E-state index is -0.303. The van der Waals surface area contributed by atoms with Crippen LogP contribution in [0.5, 0.6) is 0 Å². The van der Waals surface area contributed by atoms with Crippen LogP contribution in [0.1, 0.15) is 35.0 Å². The molecule has 1 fully saturated rings. The number of pyridine rings is 1. The summed E-state index contributed by atoms with van der Waals surface area (Å²) >= 11 is 0. The summed E-state index contributed by atoms with van der Waals surface area (Å²) in [5, 5.41) is 0.819. The van der Waals surface area contributed by atoms with Crippen LogP contribution in [0.15, 0.2) is 83.3 Å². The van der Waals surface area contributed by atoms with Crippen LogP contribution >= 0.6 is 0 Å². The van der Waals surface area contributed by atoms with E-state index in [0.717, 1.165) is 46.3 Å². The highest BCUT2D eigenvalue weighted by Crippen LogP contribution is 2.32. The van der Waals surface area contributed by atoms with Gasteiger partial charge in [-0.15, -0.1) is 0 Å². The number of hydrogen-bond donors (Lipinski definition) is 0. The van der Waals surface area contributed by atoms with E-state index in [-0.39, 0.29) is 17.6 Å². The zero-order chi connectivity index (χ0) is 23.1. The normalized spacial score (nSPS) is 14.7. The van der Waals surface area contributed by atoms with Crippen LogP contribution < -0.4 is 0 Å². The Morgan fingerprint density at radius 1 is 0.882 bits per heavy atom. The second-order valence-corrected chi connectivity index (χ2v) is 8.67. The van der Waals surface area contributed by atoms with Gasteiger partial charge in [0.05, 0.1) is 16.8 Å². The van der Waals surface area contributed by atoms with Gasteiger partial charge in [-0.1, -0.05) is 30.3 Å². The Morgan fingerprint density at radius 3 is 2.35 bits per heavy atom. The molecule has 5 nitrogen and oxygen atoms in total. The lowest BCUT2D eigenvalue weighted by Gasteiger charge is -2.31. The monoisotopic (exact) mass is 451 g/mol. The fraction of sp³-hybridized carbons (Fsp3) is 0.179. The number of hydrogen-bond acceptors (Lipinski definition) is 4. The number of para-hydroxylation sites is 3. The Morgan fingerprint density at radius 2 is 1.59 bits per heavy atom. The molecular weight excluding hydrogens is 429 g/mol. The molecule has 168 valence electrons. The lowest BCUT2D eigenvalue weighted by atomic mass is 9.95. The Labute approximate surface area is 195 Å². The highest BCUT2D eigenvalue weighted by molar-refractivity contribution is 6.07. The molecule has 0 radical (unpaired) electrons. The predicted octanol–water partition coefficient (Wildman–Crippen LogP) is 6.20. The van der Waals surface area contributed by atoms with E-state index in [1.807, 2.05) is 59.5 Å². The minimum absolute atomic E-state index is 0.0158. The first-order chi connectivity index (χ1) is 16.7. The lowest BCUT2D eigenvalue weighted by Crippen LogP contribution is -2.38. The molecule has 6 heteroatoms. The zero-order valence-corrected chi connectivity index (χ0v) is 18.4. The van der Waals surface area contributed by atoms with Crippen LogP contribution in [0.4, 0.5) is 4.39 Å². The van der Waals surface area contributed by atoms with E-state index in [2.05, 4.69) is 4.98 Å². The third-order valence-corrected chi connectivity index (χ3v) is 6.53. The maximum Gasteiger partial charge on any atom is 0.254 e. The summed E-state index contributed by atoms with van der Waals surface area (Å²) in [5.74, 6) is 0.627. The molecule has 1 aliphatic rings. The van der Waals surface area contributed by atoms with Crippen molar-refractivity contribution >= 4 is 27.9 Å². The molecule has 0 aliphatic carbocycles. The number of aromatic nitrogens is 2. The van der Waals surface area contributed by atoms with E-state index < -0.39 is 0 Å². The number of carbonyl (C=O) groups is 1. The van der Waals surface area contributed by atoms with Gasteiger partial charge in [0.15, 0.2) is 11.5 Å². The molecule has 1 amide bonds. The van der Waals surface area contributed by atoms with E-state index in [1.54, 1.807) is 12.1 Å². The molecule has 0 atom stereocenters. The Bertz CT molecular complexity index is 1470. The molecule has 1 saturated heterocycles. The van der Waals surface area contributed by atoms with Gasteiger partial charge < -0.3 is 9.32 Å². The number of carbonyl (C=O) groups excluding carboxylic acids is 1. The topological polar surface area (TPSA) is 59.2 Å². The summed E-state index contributed by atoms with van der Waals surface area (Å²) < 4.78 is 19.4. The first-order valence-electron chi connectivity index (χ1n) is 11.5. The number of piperidine rings is 1. The fourth-order valence-electron chi connectivity index (χ4n) is 4.69. The van der Waals surface area contributed by atoms with Crippen LogP contribution in [-0.2, 0) is 0 Å². The number of amides is 1. The number of oxazole rings is 1. The smallest absolute Gasteiger partial charge is 0.254 e. The average molecular weight is 452 g/mol. The van der Waals surface area contributed by atoms with Crippen molar-refractivity contribution in [2.45, 2.75) is 18.8 Å². The molecule has 3 aromatic carbocycles. The molecule has 2 aromatic heterocycles. The van der Waals surface area contributed by atoms with Crippen LogP contribution in [-0.4, -0.2) is 33.9 Å². The first kappa shape index (κ1) is 20.5. The van der Waals surface area contributed by atoms with E-state index >= 15 is 0 Å². The first-order valence-corrected chi connectivity index (χ1v) is 11.5. The SMILES string of the molecule is O=C(c1cc(-c2ccc(F)cc2)nc2ccccc12)N1CCC(c2nc3ccccc3o2)CC1. The molecule has 1 aliphatic heterocycles. The summed E-state index contributed by atoms with van der Waals surface area (Å²) in [5.41, 5.74) is 4.46. The summed E-state index contributed by atoms with van der Waals surface area (Å²) in [4.78, 5) is 24.9. The molecular formula is C28H22FN3O2. The number of benzene rings is 3. The van der Waals surface area contributed by atoms with Crippen molar-refractivity contribution in [2.75, 3.05) is 13.1 Å². The summed E-state index contributed by atoms with van der Waals surface area (Å²) in [6, 6.07) is 23.4. The number of fused-ring (bicyclic) bond motifs is 2. The second kappa shape index (κ2) is 8.37. The number of likely N-dealkylation sites (tertiary alicyclic amines) is 1. The van der Waals surface area contributed by atoms with Gasteiger partial charge in [0.2, 0.25) is 0 Å². The van der Waals surface area contributed by atoms with Gasteiger partial charge in [-0.2, -0.15) is 0 Å². The quantitative estimate of drug-likeness (QED) is 0.328. The van der Waals surface area contributed by atoms with Gasteiger partial charge >= 0.3 is 0 Å². The number of nitrogens with zero attached hydrogens (tertiary/aromatic N) is 3. The number of halogens is 1. The van der Waals surface area contributed by atoms with Gasteiger partial charge in [-0.25, -0.2) is 14.4 Å². The van der Waals surface area contributed by atoms with Crippen molar-refractivity contribution < 1.29 is 13.6 Å². The zero-order valence-electron chi connectivity index (χ0n) is 18.4. The van der Waals surface area contributed by atoms with Crippen molar-refractivity contribution in [2.24, 2.45) is 0 Å². The molecule has 0 saturated carbocycles. The Hall–Kier alpha value is -4.06. The molecule has 0 bridgehead atoms. The third kappa shape index (κ3) is 3.71. The molecule has 5 aromatic rings. The number of rotatable bonds is 3. The molecule has 0 spiro atoms.